The standard InChI is InChI=1S/C15H16N2O3/c1-10-3-2-4-14(17-10)20-12-7-5-11(6-8-12)9-13(16)15(18)19/h2-8,13H,9,16H2,1H3,(H,18,19). The van der Waals surface area contributed by atoms with Crippen LogP contribution < -0.4 is 10.5 Å². The maximum atomic E-state index is 10.7. The lowest BCUT2D eigenvalue weighted by Crippen LogP contribution is -2.32. The lowest BCUT2D eigenvalue weighted by Gasteiger charge is -2.08. The summed E-state index contributed by atoms with van der Waals surface area (Å²) in [5, 5.41) is 8.76. The van der Waals surface area contributed by atoms with E-state index in [0.29, 0.717) is 11.6 Å². The van der Waals surface area contributed by atoms with Gasteiger partial charge in [-0.2, -0.15) is 0 Å². The summed E-state index contributed by atoms with van der Waals surface area (Å²) in [4.78, 5) is 14.9. The Kier molecular flexibility index (Phi) is 4.32. The Bertz CT molecular complexity index is 596. The topological polar surface area (TPSA) is 85.4 Å². The number of aryl methyl sites for hydroxylation is 1. The first-order valence-corrected chi connectivity index (χ1v) is 6.23. The van der Waals surface area contributed by atoms with E-state index in [2.05, 4.69) is 4.98 Å². The predicted molar refractivity (Wildman–Crippen MR) is 74.8 cm³/mol. The highest BCUT2D eigenvalue weighted by atomic mass is 16.5. The summed E-state index contributed by atoms with van der Waals surface area (Å²) in [5.74, 6) is 0.171. The molecule has 1 aromatic carbocycles. The Morgan fingerprint density at radius 2 is 2.00 bits per heavy atom. The van der Waals surface area contributed by atoms with Crippen LogP contribution >= 0.6 is 0 Å². The molecule has 0 radical (unpaired) electrons. The second-order valence-corrected chi connectivity index (χ2v) is 4.51. The van der Waals surface area contributed by atoms with E-state index in [1.54, 1.807) is 30.3 Å². The number of hydrogen-bond donors (Lipinski definition) is 2. The smallest absolute Gasteiger partial charge is 0.320 e. The molecule has 1 heterocycles. The third kappa shape index (κ3) is 3.80. The first-order chi connectivity index (χ1) is 9.54. The molecule has 5 heteroatoms. The summed E-state index contributed by atoms with van der Waals surface area (Å²) < 4.78 is 5.61. The Labute approximate surface area is 117 Å². The summed E-state index contributed by atoms with van der Waals surface area (Å²) >= 11 is 0. The molecule has 2 aromatic rings. The van der Waals surface area contributed by atoms with Crippen LogP contribution in [-0.2, 0) is 11.2 Å². The molecule has 3 N–H and O–H groups in total. The van der Waals surface area contributed by atoms with Gasteiger partial charge in [0.2, 0.25) is 5.88 Å². The summed E-state index contributed by atoms with van der Waals surface area (Å²) in [5.41, 5.74) is 7.22. The first kappa shape index (κ1) is 14.0. The fourth-order valence-corrected chi connectivity index (χ4v) is 1.73. The van der Waals surface area contributed by atoms with Crippen LogP contribution in [0.3, 0.4) is 0 Å². The van der Waals surface area contributed by atoms with Crippen molar-refractivity contribution in [2.75, 3.05) is 0 Å². The van der Waals surface area contributed by atoms with Gasteiger partial charge in [-0.3, -0.25) is 4.79 Å². The first-order valence-electron chi connectivity index (χ1n) is 6.23. The Morgan fingerprint density at radius 3 is 2.60 bits per heavy atom. The zero-order valence-corrected chi connectivity index (χ0v) is 11.1. The fourth-order valence-electron chi connectivity index (χ4n) is 1.73. The molecule has 1 atom stereocenters. The van der Waals surface area contributed by atoms with Crippen molar-refractivity contribution in [2.24, 2.45) is 5.73 Å². The van der Waals surface area contributed by atoms with Gasteiger partial charge in [0.25, 0.3) is 0 Å². The molecule has 0 fully saturated rings. The van der Waals surface area contributed by atoms with Gasteiger partial charge in [0.1, 0.15) is 11.8 Å². The highest BCUT2D eigenvalue weighted by Crippen LogP contribution is 2.20. The maximum Gasteiger partial charge on any atom is 0.320 e. The average Bonchev–Trinajstić information content (AvgIpc) is 2.41. The van der Waals surface area contributed by atoms with E-state index in [0.717, 1.165) is 11.3 Å². The van der Waals surface area contributed by atoms with Crippen molar-refractivity contribution in [2.45, 2.75) is 19.4 Å². The van der Waals surface area contributed by atoms with Crippen LogP contribution in [0.25, 0.3) is 0 Å². The molecular weight excluding hydrogens is 256 g/mol. The van der Waals surface area contributed by atoms with Crippen LogP contribution in [0.2, 0.25) is 0 Å². The summed E-state index contributed by atoms with van der Waals surface area (Å²) in [6.45, 7) is 1.89. The van der Waals surface area contributed by atoms with Crippen molar-refractivity contribution >= 4 is 5.97 Å². The third-order valence-corrected chi connectivity index (χ3v) is 2.78. The Hall–Kier alpha value is -2.40. The van der Waals surface area contributed by atoms with E-state index in [1.165, 1.54) is 0 Å². The highest BCUT2D eigenvalue weighted by molar-refractivity contribution is 5.73. The molecule has 0 amide bonds. The molecule has 5 nitrogen and oxygen atoms in total. The number of hydrogen-bond acceptors (Lipinski definition) is 4. The van der Waals surface area contributed by atoms with Gasteiger partial charge in [0.15, 0.2) is 0 Å². The van der Waals surface area contributed by atoms with Crippen molar-refractivity contribution < 1.29 is 14.6 Å². The molecule has 1 aromatic heterocycles. The number of ether oxygens (including phenoxy) is 1. The van der Waals surface area contributed by atoms with Gasteiger partial charge in [0, 0.05) is 11.8 Å². The molecular formula is C15H16N2O3. The number of pyridine rings is 1. The number of nitrogens with zero attached hydrogens (tertiary/aromatic N) is 1. The van der Waals surface area contributed by atoms with Crippen LogP contribution in [0.4, 0.5) is 0 Å². The molecule has 0 aliphatic rings. The Balaban J connectivity index is 2.03. The lowest BCUT2D eigenvalue weighted by molar-refractivity contribution is -0.138. The van der Waals surface area contributed by atoms with E-state index in [-0.39, 0.29) is 6.42 Å². The minimum Gasteiger partial charge on any atom is -0.480 e. The molecule has 104 valence electrons. The molecule has 1 unspecified atom stereocenters. The normalized spacial score (nSPS) is 11.9. The van der Waals surface area contributed by atoms with E-state index in [4.69, 9.17) is 15.6 Å². The van der Waals surface area contributed by atoms with Crippen molar-refractivity contribution in [3.8, 4) is 11.6 Å². The molecule has 0 saturated heterocycles. The number of nitrogens with two attached hydrogens (primary N) is 1. The van der Waals surface area contributed by atoms with Crippen molar-refractivity contribution in [3.63, 3.8) is 0 Å². The number of aromatic nitrogens is 1. The SMILES string of the molecule is Cc1cccc(Oc2ccc(CC(N)C(=O)O)cc2)n1. The molecule has 0 spiro atoms. The third-order valence-electron chi connectivity index (χ3n) is 2.78. The number of benzene rings is 1. The summed E-state index contributed by atoms with van der Waals surface area (Å²) in [7, 11) is 0. The van der Waals surface area contributed by atoms with E-state index >= 15 is 0 Å². The molecule has 0 saturated carbocycles. The van der Waals surface area contributed by atoms with Crippen LogP contribution in [0.1, 0.15) is 11.3 Å². The van der Waals surface area contributed by atoms with Crippen LogP contribution in [-0.4, -0.2) is 22.1 Å². The zero-order chi connectivity index (χ0) is 14.5. The number of aliphatic carboxylic acids is 1. The van der Waals surface area contributed by atoms with Gasteiger partial charge >= 0.3 is 5.97 Å². The van der Waals surface area contributed by atoms with Crippen LogP contribution in [0, 0.1) is 6.92 Å². The average molecular weight is 272 g/mol. The largest absolute Gasteiger partial charge is 0.480 e. The molecule has 0 bridgehead atoms. The van der Waals surface area contributed by atoms with E-state index < -0.39 is 12.0 Å². The lowest BCUT2D eigenvalue weighted by atomic mass is 10.1. The van der Waals surface area contributed by atoms with Crippen molar-refractivity contribution in [1.82, 2.24) is 4.98 Å². The molecule has 0 aliphatic heterocycles. The minimum absolute atomic E-state index is 0.290. The number of carboxylic acid groups (broad SMARTS) is 1. The van der Waals surface area contributed by atoms with Gasteiger partial charge in [-0.1, -0.05) is 18.2 Å². The summed E-state index contributed by atoms with van der Waals surface area (Å²) in [6.07, 6.45) is 0.290. The minimum atomic E-state index is -1.01. The maximum absolute atomic E-state index is 10.7. The van der Waals surface area contributed by atoms with Gasteiger partial charge in [-0.05, 0) is 37.1 Å². The van der Waals surface area contributed by atoms with Gasteiger partial charge in [0.05, 0.1) is 0 Å². The highest BCUT2D eigenvalue weighted by Gasteiger charge is 2.11. The van der Waals surface area contributed by atoms with Gasteiger partial charge < -0.3 is 15.6 Å². The van der Waals surface area contributed by atoms with E-state index in [9.17, 15) is 4.79 Å². The molecule has 20 heavy (non-hydrogen) atoms. The quantitative estimate of drug-likeness (QED) is 0.871. The fraction of sp³-hybridized carbons (Fsp3) is 0.200. The monoisotopic (exact) mass is 272 g/mol. The molecule has 2 rings (SSSR count). The zero-order valence-electron chi connectivity index (χ0n) is 11.1. The number of carboxylic acids is 1. The summed E-state index contributed by atoms with van der Waals surface area (Å²) in [6, 6.07) is 11.8. The Morgan fingerprint density at radius 1 is 1.30 bits per heavy atom. The molecule has 0 aliphatic carbocycles. The van der Waals surface area contributed by atoms with Crippen molar-refractivity contribution in [1.29, 1.82) is 0 Å². The number of rotatable bonds is 5. The van der Waals surface area contributed by atoms with Crippen LogP contribution in [0.5, 0.6) is 11.6 Å². The second-order valence-electron chi connectivity index (χ2n) is 4.51. The number of carbonyl (C=O) groups is 1. The van der Waals surface area contributed by atoms with Crippen LogP contribution in [0.15, 0.2) is 42.5 Å². The van der Waals surface area contributed by atoms with E-state index in [1.807, 2.05) is 19.1 Å². The van der Waals surface area contributed by atoms with Gasteiger partial charge in [-0.25, -0.2) is 4.98 Å². The predicted octanol–water partition coefficient (Wildman–Crippen LogP) is 2.14. The van der Waals surface area contributed by atoms with Gasteiger partial charge in [-0.15, -0.1) is 0 Å². The van der Waals surface area contributed by atoms with Crippen molar-refractivity contribution in [3.05, 3.63) is 53.7 Å². The second kappa shape index (κ2) is 6.16.